The van der Waals surface area contributed by atoms with E-state index in [0.717, 1.165) is 16.6 Å². The second-order valence-electron chi connectivity index (χ2n) is 4.66. The second kappa shape index (κ2) is 5.05. The van der Waals surface area contributed by atoms with E-state index in [0.29, 0.717) is 12.2 Å². The maximum absolute atomic E-state index is 11.2. The molecule has 1 aromatic heterocycles. The highest BCUT2D eigenvalue weighted by molar-refractivity contribution is 7.90. The molecule has 2 N–H and O–H groups in total. The highest BCUT2D eigenvalue weighted by atomic mass is 32.2. The Balaban J connectivity index is 2.34. The summed E-state index contributed by atoms with van der Waals surface area (Å²) >= 11 is 0. The third-order valence-electron chi connectivity index (χ3n) is 2.95. The number of hydrogen-bond acceptors (Lipinski definition) is 5. The van der Waals surface area contributed by atoms with Gasteiger partial charge in [0.05, 0.1) is 11.3 Å². The molecule has 102 valence electrons. The standard InChI is InChI=1S/C13H17N3O2S/c1-16(7-8-19(2,17)18)13-5-6-15-12-9-10(14)3-4-11(12)13/h3-6,9H,7-8,14H2,1-2H3. The van der Waals surface area contributed by atoms with Crippen molar-refractivity contribution in [1.29, 1.82) is 0 Å². The highest BCUT2D eigenvalue weighted by Crippen LogP contribution is 2.25. The zero-order valence-corrected chi connectivity index (χ0v) is 11.8. The maximum atomic E-state index is 11.2. The van der Waals surface area contributed by atoms with Crippen molar-refractivity contribution in [1.82, 2.24) is 4.98 Å². The minimum atomic E-state index is -2.96. The van der Waals surface area contributed by atoms with E-state index in [1.807, 2.05) is 36.2 Å². The van der Waals surface area contributed by atoms with Crippen LogP contribution in [0.4, 0.5) is 11.4 Å². The number of nitrogens with two attached hydrogens (primary N) is 1. The SMILES string of the molecule is CN(CCS(C)(=O)=O)c1ccnc2cc(N)ccc12. The van der Waals surface area contributed by atoms with Gasteiger partial charge in [-0.1, -0.05) is 0 Å². The fourth-order valence-corrected chi connectivity index (χ4v) is 2.51. The first-order valence-electron chi connectivity index (χ1n) is 5.90. The monoisotopic (exact) mass is 279 g/mol. The molecule has 6 heteroatoms. The molecular formula is C13H17N3O2S. The minimum absolute atomic E-state index is 0.127. The summed E-state index contributed by atoms with van der Waals surface area (Å²) in [6.07, 6.45) is 2.94. The summed E-state index contributed by atoms with van der Waals surface area (Å²) in [5, 5.41) is 0.965. The first-order chi connectivity index (χ1) is 8.87. The Morgan fingerprint density at radius 3 is 2.74 bits per heavy atom. The van der Waals surface area contributed by atoms with Gasteiger partial charge in [0.15, 0.2) is 0 Å². The van der Waals surface area contributed by atoms with Crippen LogP contribution in [0.3, 0.4) is 0 Å². The molecule has 0 saturated heterocycles. The fraction of sp³-hybridized carbons (Fsp3) is 0.308. The van der Waals surface area contributed by atoms with Crippen molar-refractivity contribution in [2.45, 2.75) is 0 Å². The molecule has 0 amide bonds. The molecule has 0 unspecified atom stereocenters. The largest absolute Gasteiger partial charge is 0.399 e. The van der Waals surface area contributed by atoms with E-state index in [4.69, 9.17) is 5.73 Å². The molecule has 0 bridgehead atoms. The summed E-state index contributed by atoms with van der Waals surface area (Å²) in [6.45, 7) is 0.447. The molecule has 0 atom stereocenters. The van der Waals surface area contributed by atoms with Gasteiger partial charge in [-0.15, -0.1) is 0 Å². The van der Waals surface area contributed by atoms with Crippen molar-refractivity contribution in [3.8, 4) is 0 Å². The van der Waals surface area contributed by atoms with E-state index in [1.165, 1.54) is 6.26 Å². The molecule has 0 spiro atoms. The van der Waals surface area contributed by atoms with E-state index in [9.17, 15) is 8.42 Å². The van der Waals surface area contributed by atoms with Gasteiger partial charge in [0.2, 0.25) is 0 Å². The average molecular weight is 279 g/mol. The number of hydrogen-bond donors (Lipinski definition) is 1. The van der Waals surface area contributed by atoms with Crippen molar-refractivity contribution < 1.29 is 8.42 Å². The van der Waals surface area contributed by atoms with Crippen LogP contribution in [0, 0.1) is 0 Å². The number of aromatic nitrogens is 1. The van der Waals surface area contributed by atoms with Crippen molar-refractivity contribution in [3.63, 3.8) is 0 Å². The van der Waals surface area contributed by atoms with E-state index in [-0.39, 0.29) is 5.75 Å². The van der Waals surface area contributed by atoms with Gasteiger partial charge in [-0.3, -0.25) is 4.98 Å². The summed E-state index contributed by atoms with van der Waals surface area (Å²) in [5.74, 6) is 0.127. The van der Waals surface area contributed by atoms with Crippen LogP contribution < -0.4 is 10.6 Å². The third-order valence-corrected chi connectivity index (χ3v) is 3.88. The van der Waals surface area contributed by atoms with Crippen LogP contribution in [-0.2, 0) is 9.84 Å². The molecule has 0 aliphatic heterocycles. The lowest BCUT2D eigenvalue weighted by Crippen LogP contribution is -2.25. The Bertz CT molecular complexity index is 698. The van der Waals surface area contributed by atoms with Gasteiger partial charge in [0, 0.05) is 42.8 Å². The van der Waals surface area contributed by atoms with Gasteiger partial charge in [-0.25, -0.2) is 8.42 Å². The van der Waals surface area contributed by atoms with Gasteiger partial charge in [-0.2, -0.15) is 0 Å². The van der Waals surface area contributed by atoms with Gasteiger partial charge in [0.25, 0.3) is 0 Å². The smallest absolute Gasteiger partial charge is 0.149 e. The number of nitrogen functional groups attached to an aromatic ring is 1. The summed E-state index contributed by atoms with van der Waals surface area (Å²) in [4.78, 5) is 6.19. The summed E-state index contributed by atoms with van der Waals surface area (Å²) in [7, 11) is -1.09. The molecule has 0 fully saturated rings. The van der Waals surface area contributed by atoms with E-state index in [2.05, 4.69) is 4.98 Å². The van der Waals surface area contributed by atoms with Gasteiger partial charge >= 0.3 is 0 Å². The van der Waals surface area contributed by atoms with Gasteiger partial charge in [-0.05, 0) is 24.3 Å². The number of nitrogens with zero attached hydrogens (tertiary/aromatic N) is 2. The van der Waals surface area contributed by atoms with Gasteiger partial charge in [0.1, 0.15) is 9.84 Å². The first kappa shape index (κ1) is 13.6. The van der Waals surface area contributed by atoms with Crippen molar-refractivity contribution in [2.24, 2.45) is 0 Å². The lowest BCUT2D eigenvalue weighted by atomic mass is 10.1. The van der Waals surface area contributed by atoms with Crippen molar-refractivity contribution in [2.75, 3.05) is 36.2 Å². The summed E-state index contributed by atoms with van der Waals surface area (Å²) in [6, 6.07) is 7.41. The molecule has 0 aliphatic rings. The lowest BCUT2D eigenvalue weighted by molar-refractivity contribution is 0.601. The summed E-state index contributed by atoms with van der Waals surface area (Å²) in [5.41, 5.74) is 8.16. The van der Waals surface area contributed by atoms with Crippen LogP contribution in [0.2, 0.25) is 0 Å². The molecule has 0 aliphatic carbocycles. The molecule has 5 nitrogen and oxygen atoms in total. The Morgan fingerprint density at radius 1 is 1.32 bits per heavy atom. The molecule has 1 heterocycles. The fourth-order valence-electron chi connectivity index (χ4n) is 1.91. The first-order valence-corrected chi connectivity index (χ1v) is 7.96. The third kappa shape index (κ3) is 3.35. The zero-order chi connectivity index (χ0) is 14.0. The maximum Gasteiger partial charge on any atom is 0.149 e. The number of fused-ring (bicyclic) bond motifs is 1. The van der Waals surface area contributed by atoms with E-state index < -0.39 is 9.84 Å². The van der Waals surface area contributed by atoms with E-state index in [1.54, 1.807) is 6.20 Å². The van der Waals surface area contributed by atoms with Crippen LogP contribution in [0.15, 0.2) is 30.5 Å². The number of anilines is 2. The molecule has 19 heavy (non-hydrogen) atoms. The Hall–Kier alpha value is -1.82. The molecule has 0 radical (unpaired) electrons. The normalized spacial score (nSPS) is 11.7. The number of benzene rings is 1. The van der Waals surface area contributed by atoms with Crippen molar-refractivity contribution >= 4 is 32.1 Å². The number of pyridine rings is 1. The van der Waals surface area contributed by atoms with E-state index >= 15 is 0 Å². The van der Waals surface area contributed by atoms with Crippen molar-refractivity contribution in [3.05, 3.63) is 30.5 Å². The Labute approximate surface area is 113 Å². The molecule has 2 rings (SSSR count). The average Bonchev–Trinajstić information content (AvgIpc) is 2.34. The second-order valence-corrected chi connectivity index (χ2v) is 6.92. The quantitative estimate of drug-likeness (QED) is 0.854. The number of rotatable bonds is 4. The van der Waals surface area contributed by atoms with Crippen LogP contribution >= 0.6 is 0 Å². The predicted octanol–water partition coefficient (Wildman–Crippen LogP) is 1.30. The lowest BCUT2D eigenvalue weighted by Gasteiger charge is -2.20. The minimum Gasteiger partial charge on any atom is -0.399 e. The molecule has 0 saturated carbocycles. The molecule has 2 aromatic rings. The molecule has 1 aromatic carbocycles. The Morgan fingerprint density at radius 2 is 2.05 bits per heavy atom. The molecular weight excluding hydrogens is 262 g/mol. The van der Waals surface area contributed by atoms with Gasteiger partial charge < -0.3 is 10.6 Å². The zero-order valence-electron chi connectivity index (χ0n) is 11.0. The topological polar surface area (TPSA) is 76.3 Å². The Kier molecular flexibility index (Phi) is 3.61. The van der Waals surface area contributed by atoms with Crippen LogP contribution in [-0.4, -0.2) is 39.0 Å². The highest BCUT2D eigenvalue weighted by Gasteiger charge is 2.09. The van der Waals surface area contributed by atoms with Crippen LogP contribution in [0.1, 0.15) is 0 Å². The van der Waals surface area contributed by atoms with Crippen LogP contribution in [0.5, 0.6) is 0 Å². The predicted molar refractivity (Wildman–Crippen MR) is 79.1 cm³/mol. The number of sulfone groups is 1. The van der Waals surface area contributed by atoms with Crippen LogP contribution in [0.25, 0.3) is 10.9 Å². The summed E-state index contributed by atoms with van der Waals surface area (Å²) < 4.78 is 22.4.